The maximum atomic E-state index is 13.0. The second-order valence-electron chi connectivity index (χ2n) is 6.72. The summed E-state index contributed by atoms with van der Waals surface area (Å²) in [6.45, 7) is 0. The Morgan fingerprint density at radius 2 is 1.82 bits per heavy atom. The molecule has 1 atom stereocenters. The molecule has 0 aliphatic heterocycles. The molecule has 0 radical (unpaired) electrons. The van der Waals surface area contributed by atoms with Crippen LogP contribution < -0.4 is 14.8 Å². The molecule has 1 fully saturated rings. The molecule has 1 N–H and O–H groups in total. The van der Waals surface area contributed by atoms with Gasteiger partial charge in [0, 0.05) is 11.6 Å². The standard InChI is InChI=1S/C21H25NO6/c1-25-16-11-10-14(13-18(16)26-2)19(28-21(24)17-9-6-12-27-17)20(23)22-15-7-4-3-5-8-15/h6,9-13,15,19H,3-5,7-8H2,1-2H3,(H,22,23)/t19-/m0/s1. The molecule has 2 aromatic rings. The minimum Gasteiger partial charge on any atom is -0.493 e. The van der Waals surface area contributed by atoms with Crippen molar-refractivity contribution in [2.45, 2.75) is 44.2 Å². The largest absolute Gasteiger partial charge is 0.493 e. The molecule has 1 aliphatic rings. The van der Waals surface area contributed by atoms with Gasteiger partial charge >= 0.3 is 5.97 Å². The van der Waals surface area contributed by atoms with E-state index in [0.29, 0.717) is 17.1 Å². The highest BCUT2D eigenvalue weighted by Gasteiger charge is 2.29. The van der Waals surface area contributed by atoms with Crippen molar-refractivity contribution < 1.29 is 28.2 Å². The summed E-state index contributed by atoms with van der Waals surface area (Å²) in [4.78, 5) is 25.4. The Morgan fingerprint density at radius 1 is 1.07 bits per heavy atom. The number of hydrogen-bond acceptors (Lipinski definition) is 6. The molecule has 7 heteroatoms. The molecule has 0 spiro atoms. The van der Waals surface area contributed by atoms with E-state index in [4.69, 9.17) is 18.6 Å². The number of rotatable bonds is 7. The molecule has 1 heterocycles. The number of esters is 1. The van der Waals surface area contributed by atoms with E-state index < -0.39 is 12.1 Å². The van der Waals surface area contributed by atoms with Gasteiger partial charge in [0.25, 0.3) is 5.91 Å². The van der Waals surface area contributed by atoms with Gasteiger partial charge in [-0.05, 0) is 37.1 Å². The van der Waals surface area contributed by atoms with E-state index in [1.165, 1.54) is 33.0 Å². The molecule has 0 bridgehead atoms. The lowest BCUT2D eigenvalue weighted by atomic mass is 9.95. The van der Waals surface area contributed by atoms with Crippen molar-refractivity contribution in [3.05, 3.63) is 47.9 Å². The Labute approximate surface area is 164 Å². The summed E-state index contributed by atoms with van der Waals surface area (Å²) in [6.07, 6.45) is 5.45. The van der Waals surface area contributed by atoms with E-state index in [2.05, 4.69) is 5.32 Å². The smallest absolute Gasteiger partial charge is 0.375 e. The highest BCUT2D eigenvalue weighted by molar-refractivity contribution is 5.90. The summed E-state index contributed by atoms with van der Waals surface area (Å²) in [5, 5.41) is 3.02. The molecule has 28 heavy (non-hydrogen) atoms. The average Bonchev–Trinajstić information content (AvgIpc) is 3.27. The summed E-state index contributed by atoms with van der Waals surface area (Å²) >= 11 is 0. The first kappa shape index (κ1) is 19.8. The molecule has 1 aliphatic carbocycles. The number of carbonyl (C=O) groups is 2. The van der Waals surface area contributed by atoms with Crippen molar-refractivity contribution in [1.82, 2.24) is 5.32 Å². The fourth-order valence-electron chi connectivity index (χ4n) is 3.37. The molecule has 3 rings (SSSR count). The van der Waals surface area contributed by atoms with Gasteiger partial charge in [-0.3, -0.25) is 4.79 Å². The number of nitrogens with one attached hydrogen (secondary N) is 1. The third-order valence-corrected chi connectivity index (χ3v) is 4.85. The van der Waals surface area contributed by atoms with Gasteiger partial charge in [-0.2, -0.15) is 0 Å². The third kappa shape index (κ3) is 4.65. The van der Waals surface area contributed by atoms with Crippen LogP contribution in [0.5, 0.6) is 11.5 Å². The number of amides is 1. The van der Waals surface area contributed by atoms with Gasteiger partial charge in [0.1, 0.15) is 0 Å². The number of furan rings is 1. The van der Waals surface area contributed by atoms with E-state index in [0.717, 1.165) is 25.7 Å². The average molecular weight is 387 g/mol. The van der Waals surface area contributed by atoms with E-state index in [9.17, 15) is 9.59 Å². The summed E-state index contributed by atoms with van der Waals surface area (Å²) in [6, 6.07) is 8.17. The number of hydrogen-bond donors (Lipinski definition) is 1. The van der Waals surface area contributed by atoms with Crippen molar-refractivity contribution in [1.29, 1.82) is 0 Å². The molecular weight excluding hydrogens is 362 g/mol. The number of benzene rings is 1. The Hall–Kier alpha value is -2.96. The summed E-state index contributed by atoms with van der Waals surface area (Å²) in [7, 11) is 3.04. The highest BCUT2D eigenvalue weighted by atomic mass is 16.6. The van der Waals surface area contributed by atoms with Crippen LogP contribution in [0.1, 0.15) is 54.3 Å². The predicted octanol–water partition coefficient (Wildman–Crippen LogP) is 3.64. The Kier molecular flexibility index (Phi) is 6.57. The van der Waals surface area contributed by atoms with Crippen molar-refractivity contribution in [3.63, 3.8) is 0 Å². The minimum atomic E-state index is -1.13. The van der Waals surface area contributed by atoms with Crippen molar-refractivity contribution in [2.24, 2.45) is 0 Å². The summed E-state index contributed by atoms with van der Waals surface area (Å²) in [5.41, 5.74) is 0.492. The van der Waals surface area contributed by atoms with Crippen LogP contribution in [-0.4, -0.2) is 32.1 Å². The lowest BCUT2D eigenvalue weighted by Crippen LogP contribution is -2.40. The lowest BCUT2D eigenvalue weighted by Gasteiger charge is -2.25. The monoisotopic (exact) mass is 387 g/mol. The van der Waals surface area contributed by atoms with E-state index >= 15 is 0 Å². The SMILES string of the molecule is COc1ccc([C@H](OC(=O)c2ccco2)C(=O)NC2CCCCC2)cc1OC. The van der Waals surface area contributed by atoms with E-state index in [1.807, 2.05) is 0 Å². The maximum absolute atomic E-state index is 13.0. The number of ether oxygens (including phenoxy) is 3. The number of methoxy groups -OCH3 is 2. The first-order valence-corrected chi connectivity index (χ1v) is 9.39. The Morgan fingerprint density at radius 3 is 2.46 bits per heavy atom. The van der Waals surface area contributed by atoms with Gasteiger partial charge in [0.2, 0.25) is 11.9 Å². The first-order chi connectivity index (χ1) is 13.6. The van der Waals surface area contributed by atoms with Crippen LogP contribution in [0.4, 0.5) is 0 Å². The highest BCUT2D eigenvalue weighted by Crippen LogP contribution is 2.32. The molecule has 1 aromatic heterocycles. The molecule has 150 valence electrons. The van der Waals surface area contributed by atoms with E-state index in [-0.39, 0.29) is 17.7 Å². The molecule has 0 unspecified atom stereocenters. The quantitative estimate of drug-likeness (QED) is 0.730. The fraction of sp³-hybridized carbons (Fsp3) is 0.429. The normalized spacial score (nSPS) is 15.5. The van der Waals surface area contributed by atoms with Crippen molar-refractivity contribution in [3.8, 4) is 11.5 Å². The Balaban J connectivity index is 1.84. The fourth-order valence-corrected chi connectivity index (χ4v) is 3.37. The van der Waals surface area contributed by atoms with Crippen LogP contribution in [0.15, 0.2) is 41.0 Å². The third-order valence-electron chi connectivity index (χ3n) is 4.85. The van der Waals surface area contributed by atoms with Gasteiger partial charge in [-0.15, -0.1) is 0 Å². The summed E-state index contributed by atoms with van der Waals surface area (Å²) in [5.74, 6) is -0.0573. The maximum Gasteiger partial charge on any atom is 0.375 e. The van der Waals surface area contributed by atoms with Gasteiger partial charge in [0.05, 0.1) is 20.5 Å². The van der Waals surface area contributed by atoms with Gasteiger partial charge < -0.3 is 23.9 Å². The molecular formula is C21H25NO6. The predicted molar refractivity (Wildman–Crippen MR) is 101 cm³/mol. The zero-order valence-electron chi connectivity index (χ0n) is 16.1. The van der Waals surface area contributed by atoms with Crippen LogP contribution in [0.2, 0.25) is 0 Å². The van der Waals surface area contributed by atoms with Gasteiger partial charge in [-0.1, -0.05) is 25.3 Å². The zero-order valence-corrected chi connectivity index (χ0v) is 16.1. The second-order valence-corrected chi connectivity index (χ2v) is 6.72. The minimum absolute atomic E-state index is 0.0379. The second kappa shape index (κ2) is 9.30. The summed E-state index contributed by atoms with van der Waals surface area (Å²) < 4.78 is 21.2. The van der Waals surface area contributed by atoms with Crippen molar-refractivity contribution >= 4 is 11.9 Å². The number of carbonyl (C=O) groups excluding carboxylic acids is 2. The van der Waals surface area contributed by atoms with Crippen LogP contribution in [0.3, 0.4) is 0 Å². The van der Waals surface area contributed by atoms with Gasteiger partial charge in [0.15, 0.2) is 11.5 Å². The van der Waals surface area contributed by atoms with E-state index in [1.54, 1.807) is 24.3 Å². The molecule has 7 nitrogen and oxygen atoms in total. The van der Waals surface area contributed by atoms with Crippen molar-refractivity contribution in [2.75, 3.05) is 14.2 Å². The molecule has 0 saturated heterocycles. The van der Waals surface area contributed by atoms with Gasteiger partial charge in [-0.25, -0.2) is 4.79 Å². The van der Waals surface area contributed by atoms with Crippen LogP contribution >= 0.6 is 0 Å². The topological polar surface area (TPSA) is 87.0 Å². The molecule has 1 saturated carbocycles. The molecule has 1 amide bonds. The lowest BCUT2D eigenvalue weighted by molar-refractivity contribution is -0.131. The molecule has 1 aromatic carbocycles. The van der Waals surface area contributed by atoms with Crippen LogP contribution in [0.25, 0.3) is 0 Å². The van der Waals surface area contributed by atoms with Crippen LogP contribution in [0, 0.1) is 0 Å². The Bertz CT molecular complexity index is 795. The van der Waals surface area contributed by atoms with Crippen LogP contribution in [-0.2, 0) is 9.53 Å². The first-order valence-electron chi connectivity index (χ1n) is 9.39. The zero-order chi connectivity index (χ0) is 19.9.